The molecular formula is C7H14N2. The molecule has 4 radical (unpaired) electrons. The summed E-state index contributed by atoms with van der Waals surface area (Å²) in [4.78, 5) is 1.60. The number of likely N-dealkylation sites (N-methyl/N-ethyl adjacent to an activating group) is 1. The maximum Gasteiger partial charge on any atom is 0.0436 e. The first-order chi connectivity index (χ1) is 3.98. The first-order valence-electron chi connectivity index (χ1n) is 2.91. The number of nitrogens with one attached hydrogen (secondary N) is 1. The van der Waals surface area contributed by atoms with Crippen molar-refractivity contribution < 1.29 is 0 Å². The van der Waals surface area contributed by atoms with E-state index in [0.29, 0.717) is 0 Å². The highest BCUT2D eigenvalue weighted by molar-refractivity contribution is 4.79. The van der Waals surface area contributed by atoms with Crippen molar-refractivity contribution in [3.05, 3.63) is 14.1 Å². The lowest BCUT2D eigenvalue weighted by Crippen LogP contribution is -2.43. The Morgan fingerprint density at radius 2 is 2.00 bits per heavy atom. The fourth-order valence-corrected chi connectivity index (χ4v) is 0.669. The molecule has 0 atom stereocenters. The van der Waals surface area contributed by atoms with Crippen LogP contribution in [0.3, 0.4) is 0 Å². The molecular weight excluding hydrogens is 112 g/mol. The first-order valence-corrected chi connectivity index (χ1v) is 2.91. The van der Waals surface area contributed by atoms with Crippen molar-refractivity contribution in [2.45, 2.75) is 19.4 Å². The van der Waals surface area contributed by atoms with Crippen LogP contribution in [0.15, 0.2) is 0 Å². The zero-order valence-corrected chi connectivity index (χ0v) is 6.31. The molecule has 0 bridgehead atoms. The average molecular weight is 126 g/mol. The molecule has 0 rings (SSSR count). The Morgan fingerprint density at radius 1 is 1.56 bits per heavy atom. The Balaban J connectivity index is 3.58. The molecule has 52 valence electrons. The van der Waals surface area contributed by atoms with Crippen molar-refractivity contribution in [2.75, 3.05) is 13.6 Å². The third-order valence-corrected chi connectivity index (χ3v) is 1.04. The molecule has 0 aliphatic carbocycles. The molecule has 0 fully saturated rings. The van der Waals surface area contributed by atoms with Crippen LogP contribution in [-0.2, 0) is 0 Å². The summed E-state index contributed by atoms with van der Waals surface area (Å²) in [6.45, 7) is 4.69. The molecule has 0 saturated heterocycles. The third-order valence-electron chi connectivity index (χ3n) is 1.04. The van der Waals surface area contributed by atoms with Crippen molar-refractivity contribution in [2.24, 2.45) is 0 Å². The van der Waals surface area contributed by atoms with E-state index in [2.05, 4.69) is 5.32 Å². The summed E-state index contributed by atoms with van der Waals surface area (Å²) in [5.41, 5.74) is -0.108. The number of nitrogens with zero attached hydrogens (tertiary/aromatic N) is 1. The lowest BCUT2D eigenvalue weighted by atomic mass is 10.1. The lowest BCUT2D eigenvalue weighted by molar-refractivity contribution is 0.309. The average Bonchev–Trinajstić information content (AvgIpc) is 1.63. The molecule has 0 aliphatic rings. The van der Waals surface area contributed by atoms with E-state index in [1.165, 1.54) is 0 Å². The van der Waals surface area contributed by atoms with E-state index >= 15 is 0 Å². The monoisotopic (exact) mass is 126 g/mol. The van der Waals surface area contributed by atoms with Crippen molar-refractivity contribution in [1.29, 1.82) is 0 Å². The van der Waals surface area contributed by atoms with Gasteiger partial charge >= 0.3 is 0 Å². The Labute approximate surface area is 58.2 Å². The molecule has 9 heavy (non-hydrogen) atoms. The van der Waals surface area contributed by atoms with Gasteiger partial charge in [0.2, 0.25) is 0 Å². The molecule has 0 spiro atoms. The maximum atomic E-state index is 5.39. The van der Waals surface area contributed by atoms with E-state index in [1.54, 1.807) is 11.9 Å². The van der Waals surface area contributed by atoms with E-state index in [4.69, 9.17) is 14.1 Å². The molecule has 0 aliphatic heterocycles. The summed E-state index contributed by atoms with van der Waals surface area (Å²) in [5, 5.41) is 2.65. The highest BCUT2D eigenvalue weighted by atomic mass is 15.1. The van der Waals surface area contributed by atoms with Crippen LogP contribution in [-0.4, -0.2) is 24.0 Å². The van der Waals surface area contributed by atoms with Crippen LogP contribution in [0.1, 0.15) is 13.8 Å². The fraction of sp³-hybridized carbons (Fsp3) is 0.714. The van der Waals surface area contributed by atoms with Gasteiger partial charge in [-0.15, -0.1) is 0 Å². The molecule has 0 heterocycles. The summed E-state index contributed by atoms with van der Waals surface area (Å²) >= 11 is 0. The molecule has 0 aromatic carbocycles. The zero-order chi connectivity index (χ0) is 7.49. The van der Waals surface area contributed by atoms with Crippen molar-refractivity contribution in [3.63, 3.8) is 0 Å². The number of hydrogen-bond donors (Lipinski definition) is 1. The number of rotatable bonds is 3. The van der Waals surface area contributed by atoms with Crippen LogP contribution >= 0.6 is 0 Å². The molecule has 0 aromatic rings. The predicted octanol–water partition coefficient (Wildman–Crippen LogP) is 0.624. The largest absolute Gasteiger partial charge is 0.305 e. The molecule has 0 unspecified atom stereocenters. The minimum atomic E-state index is -0.108. The van der Waals surface area contributed by atoms with Crippen LogP contribution in [0.25, 0.3) is 0 Å². The third kappa shape index (κ3) is 4.43. The lowest BCUT2D eigenvalue weighted by Gasteiger charge is -2.26. The van der Waals surface area contributed by atoms with Crippen LogP contribution < -0.4 is 5.32 Å². The van der Waals surface area contributed by atoms with Gasteiger partial charge in [-0.25, -0.2) is 0 Å². The fourth-order valence-electron chi connectivity index (χ4n) is 0.669. The summed E-state index contributed by atoms with van der Waals surface area (Å²) in [7, 11) is 12.4. The second-order valence-electron chi connectivity index (χ2n) is 2.94. The summed E-state index contributed by atoms with van der Waals surface area (Å²) < 4.78 is 0. The van der Waals surface area contributed by atoms with Gasteiger partial charge in [0.25, 0.3) is 0 Å². The molecule has 1 N–H and O–H groups in total. The van der Waals surface area contributed by atoms with E-state index in [-0.39, 0.29) is 5.54 Å². The summed E-state index contributed by atoms with van der Waals surface area (Å²) in [6.07, 6.45) is 0. The van der Waals surface area contributed by atoms with Gasteiger partial charge < -0.3 is 5.32 Å². The van der Waals surface area contributed by atoms with Gasteiger partial charge in [0, 0.05) is 26.2 Å². The van der Waals surface area contributed by atoms with Crippen molar-refractivity contribution in [3.8, 4) is 0 Å². The normalized spacial score (nSPS) is 12.7. The maximum absolute atomic E-state index is 5.39. The smallest absolute Gasteiger partial charge is 0.0436 e. The van der Waals surface area contributed by atoms with Crippen molar-refractivity contribution >= 4 is 0 Å². The Morgan fingerprint density at radius 3 is 2.11 bits per heavy atom. The zero-order valence-electron chi connectivity index (χ0n) is 6.31. The molecule has 0 saturated carbocycles. The molecule has 0 amide bonds. The SMILES string of the molecule is [CH]NC(C)(C)CN([CH])C. The van der Waals surface area contributed by atoms with Crippen LogP contribution in [0.5, 0.6) is 0 Å². The Kier molecular flexibility index (Phi) is 3.15. The topological polar surface area (TPSA) is 15.3 Å². The quantitative estimate of drug-likeness (QED) is 0.558. The molecule has 2 heteroatoms. The van der Waals surface area contributed by atoms with E-state index in [0.717, 1.165) is 6.54 Å². The Hall–Kier alpha value is -0.0800. The van der Waals surface area contributed by atoms with Crippen LogP contribution in [0.4, 0.5) is 0 Å². The van der Waals surface area contributed by atoms with E-state index in [9.17, 15) is 0 Å². The van der Waals surface area contributed by atoms with Gasteiger partial charge in [0.15, 0.2) is 0 Å². The first kappa shape index (κ1) is 8.92. The second kappa shape index (κ2) is 3.18. The molecule has 0 aromatic heterocycles. The molecule has 2 nitrogen and oxygen atoms in total. The van der Waals surface area contributed by atoms with Gasteiger partial charge in [-0.2, -0.15) is 0 Å². The predicted molar refractivity (Wildman–Crippen MR) is 38.4 cm³/mol. The number of hydrogen-bond acceptors (Lipinski definition) is 2. The second-order valence-corrected chi connectivity index (χ2v) is 2.94. The summed E-state index contributed by atoms with van der Waals surface area (Å²) in [6, 6.07) is 0. The van der Waals surface area contributed by atoms with Gasteiger partial charge in [-0.3, -0.25) is 4.90 Å². The van der Waals surface area contributed by atoms with Gasteiger partial charge in [-0.05, 0) is 20.9 Å². The standard InChI is InChI=1S/C7H14N2/c1-7(2,8-3)6-9(4)5/h3-4,8H,6H2,1-2,5H3. The highest BCUT2D eigenvalue weighted by Crippen LogP contribution is 2.01. The Bertz CT molecular complexity index is 77.0. The van der Waals surface area contributed by atoms with Crippen LogP contribution in [0.2, 0.25) is 0 Å². The minimum Gasteiger partial charge on any atom is -0.305 e. The van der Waals surface area contributed by atoms with Gasteiger partial charge in [0.05, 0.1) is 0 Å². The van der Waals surface area contributed by atoms with Gasteiger partial charge in [0.1, 0.15) is 0 Å². The van der Waals surface area contributed by atoms with E-state index in [1.807, 2.05) is 13.8 Å². The minimum absolute atomic E-state index is 0.108. The van der Waals surface area contributed by atoms with Crippen molar-refractivity contribution in [1.82, 2.24) is 10.2 Å². The highest BCUT2D eigenvalue weighted by Gasteiger charge is 2.14. The van der Waals surface area contributed by atoms with E-state index < -0.39 is 0 Å². The van der Waals surface area contributed by atoms with Crippen LogP contribution in [0, 0.1) is 14.1 Å². The van der Waals surface area contributed by atoms with Gasteiger partial charge in [-0.1, -0.05) is 0 Å². The summed E-state index contributed by atoms with van der Waals surface area (Å²) in [5.74, 6) is 0.